The van der Waals surface area contributed by atoms with Crippen LogP contribution in [0.3, 0.4) is 0 Å². The topological polar surface area (TPSA) is 78.9 Å². The zero-order valence-corrected chi connectivity index (χ0v) is 30.2. The number of hydrogen-bond acceptors (Lipinski definition) is 9. The number of nitrogens with one attached hydrogen (secondary N) is 2. The summed E-state index contributed by atoms with van der Waals surface area (Å²) in [6.45, 7) is 3.23. The number of rotatable bonds is 8. The molecule has 2 atom stereocenters. The summed E-state index contributed by atoms with van der Waals surface area (Å²) in [7, 11) is 0. The van der Waals surface area contributed by atoms with Crippen molar-refractivity contribution in [2.75, 3.05) is 17.2 Å². The van der Waals surface area contributed by atoms with E-state index in [4.69, 9.17) is 20.4 Å². The molecule has 2 aliphatic heterocycles. The van der Waals surface area contributed by atoms with E-state index in [1.54, 1.807) is 22.7 Å². The summed E-state index contributed by atoms with van der Waals surface area (Å²) >= 11 is 3.48. The molecule has 0 fully saturated rings. The van der Waals surface area contributed by atoms with Crippen LogP contribution >= 0.6 is 22.7 Å². The van der Waals surface area contributed by atoms with Gasteiger partial charge in [-0.2, -0.15) is 0 Å². The normalized spacial score (nSPS) is 16.3. The van der Waals surface area contributed by atoms with Gasteiger partial charge in [0.2, 0.25) is 0 Å². The van der Waals surface area contributed by atoms with Crippen LogP contribution < -0.4 is 10.6 Å². The second-order valence-electron chi connectivity index (χ2n) is 13.4. The first-order chi connectivity index (χ1) is 25.8. The average Bonchev–Trinajstić information content (AvgIpc) is 3.77. The minimum atomic E-state index is -0.0524. The highest BCUT2D eigenvalue weighted by atomic mass is 32.1. The lowest BCUT2D eigenvalue weighted by atomic mass is 9.94. The molecule has 4 aromatic carbocycles. The van der Waals surface area contributed by atoms with E-state index in [2.05, 4.69) is 132 Å². The number of fused-ring (bicyclic) bond motifs is 10. The van der Waals surface area contributed by atoms with Crippen molar-refractivity contribution in [1.29, 1.82) is 0 Å². The molecule has 4 aromatic heterocycles. The highest BCUT2D eigenvalue weighted by Gasteiger charge is 2.45. The van der Waals surface area contributed by atoms with Crippen LogP contribution in [0.4, 0.5) is 11.4 Å². The van der Waals surface area contributed by atoms with Gasteiger partial charge in [0, 0.05) is 39.6 Å². The molecule has 2 N–H and O–H groups in total. The quantitative estimate of drug-likeness (QED) is 0.152. The second kappa shape index (κ2) is 12.9. The maximum atomic E-state index is 4.92. The van der Waals surface area contributed by atoms with E-state index < -0.39 is 0 Å². The van der Waals surface area contributed by atoms with Crippen LogP contribution in [0.1, 0.15) is 48.3 Å². The molecule has 0 unspecified atom stereocenters. The lowest BCUT2D eigenvalue weighted by molar-refractivity contribution is 0.150. The van der Waals surface area contributed by atoms with Gasteiger partial charge < -0.3 is 10.6 Å². The Kier molecular flexibility index (Phi) is 7.78. The summed E-state index contributed by atoms with van der Waals surface area (Å²) in [5.74, 6) is 0. The van der Waals surface area contributed by atoms with Gasteiger partial charge in [0.25, 0.3) is 0 Å². The Balaban J connectivity index is 1.21. The fourth-order valence-electron chi connectivity index (χ4n) is 7.87. The molecule has 0 amide bonds. The third-order valence-corrected chi connectivity index (χ3v) is 12.5. The first-order valence-corrected chi connectivity index (χ1v) is 19.6. The van der Waals surface area contributed by atoms with Gasteiger partial charge in [-0.3, -0.25) is 4.90 Å². The molecule has 7 nitrogen and oxygen atoms in total. The molecule has 0 saturated carbocycles. The van der Waals surface area contributed by atoms with Gasteiger partial charge in [0.15, 0.2) is 0 Å². The zero-order chi connectivity index (χ0) is 34.6. The number of anilines is 2. The van der Waals surface area contributed by atoms with Crippen LogP contribution in [0.25, 0.3) is 65.2 Å². The molecule has 6 heterocycles. The predicted molar refractivity (Wildman–Crippen MR) is 216 cm³/mol. The Hall–Kier alpha value is -5.48. The summed E-state index contributed by atoms with van der Waals surface area (Å²) in [5.41, 5.74) is 10.7. The Morgan fingerprint density at radius 1 is 0.519 bits per heavy atom. The van der Waals surface area contributed by atoms with Crippen molar-refractivity contribution in [3.63, 3.8) is 0 Å². The lowest BCUT2D eigenvalue weighted by Crippen LogP contribution is -2.46. The Morgan fingerprint density at radius 3 is 1.33 bits per heavy atom. The molecule has 0 saturated heterocycles. The summed E-state index contributed by atoms with van der Waals surface area (Å²) in [4.78, 5) is 6.95. The van der Waals surface area contributed by atoms with E-state index in [-0.39, 0.29) is 12.3 Å². The molecule has 0 spiro atoms. The molecule has 8 aromatic rings. The third-order valence-electron chi connectivity index (χ3n) is 10.3. The molecule has 0 radical (unpaired) electrons. The molecular weight excluding hydrogens is 679 g/mol. The van der Waals surface area contributed by atoms with Crippen LogP contribution in [-0.2, 0) is 0 Å². The largest absolute Gasteiger partial charge is 0.363 e. The second-order valence-corrected chi connectivity index (χ2v) is 15.5. The van der Waals surface area contributed by atoms with E-state index in [0.717, 1.165) is 89.5 Å². The molecule has 9 heteroatoms. The summed E-state index contributed by atoms with van der Waals surface area (Å²) in [5, 5.41) is 30.2. The van der Waals surface area contributed by atoms with Crippen LogP contribution in [-0.4, -0.2) is 31.8 Å². The van der Waals surface area contributed by atoms with Crippen LogP contribution in [0.5, 0.6) is 0 Å². The monoisotopic (exact) mass is 713 g/mol. The average molecular weight is 714 g/mol. The fraction of sp³-hybridized carbons (Fsp3) is 0.163. The highest BCUT2D eigenvalue weighted by molar-refractivity contribution is 7.20. The third kappa shape index (κ3) is 5.03. The standard InChI is InChI=1S/C43H35N7S2/c1-2-3-16-25-50-40-38-36(32-30(26-17-8-4-9-18-26)34(46-48-42(32)51-38)28-21-12-6-13-22-28)44-41(50)39-37(45-40)33-31(27-19-10-5-11-20-27)35(47-49-43(33)52-39)29-23-14-7-15-24-29/h4-15,17-24,40-41,44-45H,2-3,16,25H2,1H3/t40-,41-/m0/s1. The molecule has 2 aliphatic rings. The molecule has 254 valence electrons. The van der Waals surface area contributed by atoms with Gasteiger partial charge in [-0.05, 0) is 17.5 Å². The fourth-order valence-corrected chi connectivity index (χ4v) is 10.2. The van der Waals surface area contributed by atoms with Crippen molar-refractivity contribution in [2.45, 2.75) is 38.5 Å². The number of nitrogens with zero attached hydrogens (tertiary/aromatic N) is 5. The van der Waals surface area contributed by atoms with Gasteiger partial charge in [-0.25, -0.2) is 0 Å². The molecule has 0 aliphatic carbocycles. The number of thiophene rings is 2. The number of benzene rings is 4. The Labute approximate surface area is 310 Å². The van der Waals surface area contributed by atoms with Crippen molar-refractivity contribution in [2.24, 2.45) is 0 Å². The van der Waals surface area contributed by atoms with Gasteiger partial charge in [0.1, 0.15) is 33.4 Å². The minimum absolute atomic E-state index is 0.0524. The van der Waals surface area contributed by atoms with Crippen LogP contribution in [0, 0.1) is 0 Å². The summed E-state index contributed by atoms with van der Waals surface area (Å²) in [6, 6.07) is 42.2. The lowest BCUT2D eigenvalue weighted by Gasteiger charge is -2.47. The van der Waals surface area contributed by atoms with Crippen molar-refractivity contribution in [3.8, 4) is 44.8 Å². The number of unbranched alkanes of at least 4 members (excludes halogenated alkanes) is 2. The van der Waals surface area contributed by atoms with Crippen molar-refractivity contribution in [3.05, 3.63) is 131 Å². The number of aromatic nitrogens is 4. The van der Waals surface area contributed by atoms with Crippen molar-refractivity contribution in [1.82, 2.24) is 25.3 Å². The van der Waals surface area contributed by atoms with E-state index >= 15 is 0 Å². The molecule has 2 bridgehead atoms. The van der Waals surface area contributed by atoms with E-state index in [1.807, 2.05) is 12.1 Å². The molecular formula is C43H35N7S2. The maximum Gasteiger partial charge on any atom is 0.149 e. The van der Waals surface area contributed by atoms with Crippen molar-refractivity contribution < 1.29 is 0 Å². The van der Waals surface area contributed by atoms with Gasteiger partial charge in [-0.15, -0.1) is 43.1 Å². The first kappa shape index (κ1) is 31.3. The summed E-state index contributed by atoms with van der Waals surface area (Å²) < 4.78 is 0. The SMILES string of the molecule is CCCCCN1[C@@H]2Nc3c(sc4nnc(-c5ccccc5)c(-c5ccccc5)c34)[C@H]1Nc1c2sc2nnc(-c3ccccc3)c(-c3ccccc3)c12. The predicted octanol–water partition coefficient (Wildman–Crippen LogP) is 11.4. The van der Waals surface area contributed by atoms with E-state index in [9.17, 15) is 0 Å². The minimum Gasteiger partial charge on any atom is -0.363 e. The summed E-state index contributed by atoms with van der Waals surface area (Å²) in [6.07, 6.45) is 3.37. The smallest absolute Gasteiger partial charge is 0.149 e. The highest BCUT2D eigenvalue weighted by Crippen LogP contribution is 2.58. The van der Waals surface area contributed by atoms with Gasteiger partial charge in [0.05, 0.1) is 21.1 Å². The zero-order valence-electron chi connectivity index (χ0n) is 28.6. The first-order valence-electron chi connectivity index (χ1n) is 17.9. The van der Waals surface area contributed by atoms with Gasteiger partial charge in [-0.1, -0.05) is 141 Å². The van der Waals surface area contributed by atoms with Crippen LogP contribution in [0.2, 0.25) is 0 Å². The van der Waals surface area contributed by atoms with E-state index in [0.29, 0.717) is 0 Å². The van der Waals surface area contributed by atoms with Crippen molar-refractivity contribution >= 4 is 54.5 Å². The Bertz CT molecular complexity index is 2380. The maximum absolute atomic E-state index is 4.92. The van der Waals surface area contributed by atoms with Gasteiger partial charge >= 0.3 is 0 Å². The molecule has 52 heavy (non-hydrogen) atoms. The number of hydrogen-bond donors (Lipinski definition) is 2. The molecule has 10 rings (SSSR count). The van der Waals surface area contributed by atoms with Crippen LogP contribution in [0.15, 0.2) is 121 Å². The van der Waals surface area contributed by atoms with E-state index in [1.165, 1.54) is 22.6 Å². The Morgan fingerprint density at radius 2 is 0.923 bits per heavy atom.